The van der Waals surface area contributed by atoms with Crippen LogP contribution in [0.15, 0.2) is 24.3 Å². The number of hydrogen-bond donors (Lipinski definition) is 0. The number of carbonyl (C=O) groups is 4. The van der Waals surface area contributed by atoms with Crippen LogP contribution in [0.25, 0.3) is 0 Å². The summed E-state index contributed by atoms with van der Waals surface area (Å²) >= 11 is 0. The lowest BCUT2D eigenvalue weighted by Gasteiger charge is -2.61. The van der Waals surface area contributed by atoms with Gasteiger partial charge in [0.1, 0.15) is 6.10 Å². The second kappa shape index (κ2) is 9.91. The first-order valence-corrected chi connectivity index (χ1v) is 15.9. The van der Waals surface area contributed by atoms with E-state index in [2.05, 4.69) is 33.4 Å². The molecule has 0 aromatic carbocycles. The summed E-state index contributed by atoms with van der Waals surface area (Å²) in [4.78, 5) is 51.3. The van der Waals surface area contributed by atoms with Gasteiger partial charge < -0.3 is 9.47 Å². The maximum absolute atomic E-state index is 13.8. The maximum atomic E-state index is 13.8. The first kappa shape index (κ1) is 30.2. The highest BCUT2D eigenvalue weighted by Gasteiger charge is 2.81. The monoisotopic (exact) mass is 566 g/mol. The van der Waals surface area contributed by atoms with Crippen molar-refractivity contribution in [2.24, 2.45) is 57.2 Å². The number of carbonyl (C=O) groups excluding carboxylic acids is 4. The molecule has 0 aromatic heterocycles. The molecule has 0 amide bonds. The molecule has 4 fully saturated rings. The van der Waals surface area contributed by atoms with Crippen LogP contribution in [0, 0.1) is 57.2 Å². The Balaban J connectivity index is 1.54. The molecule has 0 bridgehead atoms. The summed E-state index contributed by atoms with van der Waals surface area (Å²) in [6.45, 7) is 19.8. The Morgan fingerprint density at radius 2 is 1.76 bits per heavy atom. The van der Waals surface area contributed by atoms with Crippen LogP contribution in [0.1, 0.15) is 100 Å². The van der Waals surface area contributed by atoms with Gasteiger partial charge in [-0.25, -0.2) is 0 Å². The van der Waals surface area contributed by atoms with E-state index < -0.39 is 12.1 Å². The predicted molar refractivity (Wildman–Crippen MR) is 156 cm³/mol. The van der Waals surface area contributed by atoms with Crippen LogP contribution in [0.3, 0.4) is 0 Å². The summed E-state index contributed by atoms with van der Waals surface area (Å²) in [6, 6.07) is 0. The Morgan fingerprint density at radius 3 is 2.37 bits per heavy atom. The zero-order valence-electron chi connectivity index (χ0n) is 26.4. The lowest BCUT2D eigenvalue weighted by Crippen LogP contribution is -2.56. The molecule has 0 saturated heterocycles. The Bertz CT molecular complexity index is 1200. The molecular weight excluding hydrogens is 516 g/mol. The van der Waals surface area contributed by atoms with Crippen molar-refractivity contribution < 1.29 is 28.7 Å². The van der Waals surface area contributed by atoms with E-state index in [1.165, 1.54) is 13.8 Å². The van der Waals surface area contributed by atoms with Gasteiger partial charge in [-0.2, -0.15) is 0 Å². The second-order valence-electron chi connectivity index (χ2n) is 14.9. The normalized spacial score (nSPS) is 44.3. The van der Waals surface area contributed by atoms with Gasteiger partial charge in [-0.3, -0.25) is 19.2 Å². The topological polar surface area (TPSA) is 86.7 Å². The van der Waals surface area contributed by atoms with E-state index in [-0.39, 0.29) is 69.0 Å². The quantitative estimate of drug-likeness (QED) is 0.241. The molecule has 226 valence electrons. The van der Waals surface area contributed by atoms with Crippen molar-refractivity contribution >= 4 is 23.5 Å². The van der Waals surface area contributed by atoms with E-state index >= 15 is 0 Å². The molecule has 12 atom stereocenters. The molecule has 41 heavy (non-hydrogen) atoms. The summed E-state index contributed by atoms with van der Waals surface area (Å²) < 4.78 is 11.9. The van der Waals surface area contributed by atoms with Crippen molar-refractivity contribution in [2.75, 3.05) is 0 Å². The Labute approximate surface area is 246 Å². The van der Waals surface area contributed by atoms with Gasteiger partial charge in [-0.05, 0) is 96.0 Å². The number of allylic oxidation sites excluding steroid dienone is 2. The molecule has 6 nitrogen and oxygen atoms in total. The van der Waals surface area contributed by atoms with Crippen molar-refractivity contribution in [3.8, 4) is 0 Å². The predicted octanol–water partition coefficient (Wildman–Crippen LogP) is 6.66. The minimum absolute atomic E-state index is 0.0185. The third kappa shape index (κ3) is 4.08. The number of hydrogen-bond acceptors (Lipinski definition) is 6. The van der Waals surface area contributed by atoms with Gasteiger partial charge in [-0.15, -0.1) is 0 Å². The van der Waals surface area contributed by atoms with Crippen LogP contribution >= 0.6 is 0 Å². The first-order chi connectivity index (χ1) is 19.1. The molecule has 0 radical (unpaired) electrons. The lowest BCUT2D eigenvalue weighted by molar-refractivity contribution is -0.166. The van der Waals surface area contributed by atoms with Gasteiger partial charge in [0.05, 0.1) is 0 Å². The van der Waals surface area contributed by atoms with E-state index in [9.17, 15) is 19.2 Å². The average Bonchev–Trinajstić information content (AvgIpc) is 3.52. The largest absolute Gasteiger partial charge is 0.462 e. The highest BCUT2D eigenvalue weighted by Crippen LogP contribution is 2.87. The number of esters is 2. The number of fused-ring (bicyclic) bond motifs is 2. The van der Waals surface area contributed by atoms with Crippen molar-refractivity contribution in [2.45, 2.75) is 113 Å². The number of ketones is 2. The van der Waals surface area contributed by atoms with Crippen LogP contribution in [-0.4, -0.2) is 35.7 Å². The Kier molecular flexibility index (Phi) is 7.30. The number of rotatable bonds is 8. The second-order valence-corrected chi connectivity index (χ2v) is 14.9. The zero-order valence-corrected chi connectivity index (χ0v) is 26.4. The van der Waals surface area contributed by atoms with E-state index in [1.807, 2.05) is 26.8 Å². The molecule has 2 spiro atoms. The van der Waals surface area contributed by atoms with E-state index in [4.69, 9.17) is 9.47 Å². The first-order valence-electron chi connectivity index (χ1n) is 15.9. The lowest BCUT2D eigenvalue weighted by atomic mass is 9.43. The summed E-state index contributed by atoms with van der Waals surface area (Å²) in [6.07, 6.45) is 9.54. The van der Waals surface area contributed by atoms with Gasteiger partial charge in [0.25, 0.3) is 0 Å². The summed E-state index contributed by atoms with van der Waals surface area (Å²) in [5.41, 5.74) is 0.390. The van der Waals surface area contributed by atoms with Crippen molar-refractivity contribution in [1.29, 1.82) is 0 Å². The minimum atomic E-state index is -0.969. The maximum Gasteiger partial charge on any atom is 0.303 e. The van der Waals surface area contributed by atoms with Gasteiger partial charge in [0.2, 0.25) is 0 Å². The van der Waals surface area contributed by atoms with Crippen molar-refractivity contribution in [3.05, 3.63) is 24.3 Å². The molecule has 6 heteroatoms. The molecule has 0 N–H and O–H groups in total. The van der Waals surface area contributed by atoms with Gasteiger partial charge >= 0.3 is 11.9 Å². The van der Waals surface area contributed by atoms with Crippen LogP contribution < -0.4 is 0 Å². The third-order valence-electron chi connectivity index (χ3n) is 13.5. The SMILES string of the molecule is C=C(C(=O)C(OC(C)=O)C(C)[C@H]1[C@@H](OC(C)=O)C[C@@]2(C)[C@@H]3CC[C@H]4[C@H](C)C(=O)C=C[C@@]45C[C@@]35CC[C@]12C)C(C)CC. The zero-order chi connectivity index (χ0) is 30.3. The fraction of sp³-hybridized carbons (Fsp3) is 0.771. The standard InChI is InChI=1S/C35H50O6/c1-10-19(2)20(3)30(39)31(41-24(7)37)22(5)29-27(40-23(6)36)17-33(9)28-12-11-25-21(4)26(38)13-14-34(25)18-35(28,34)16-15-32(29,33)8/h13-14,19,21-22,25,27-29,31H,3,10-12,15-18H2,1-2,4-9H3/t19?,21-,22?,25-,27-,28-,29-,31?,32+,33-,34+,35-/m0/s1. The van der Waals surface area contributed by atoms with Crippen LogP contribution in [0.4, 0.5) is 0 Å². The number of Topliss-reactive ketones (excluding diaryl/α,β-unsaturated/α-hetero) is 1. The molecule has 5 aliphatic carbocycles. The molecule has 0 heterocycles. The fourth-order valence-electron chi connectivity index (χ4n) is 11.1. The molecule has 5 aliphatic rings. The molecule has 5 rings (SSSR count). The number of ether oxygens (including phenoxy) is 2. The fourth-order valence-corrected chi connectivity index (χ4v) is 11.1. The van der Waals surface area contributed by atoms with Crippen LogP contribution in [0.5, 0.6) is 0 Å². The highest BCUT2D eigenvalue weighted by atomic mass is 16.6. The van der Waals surface area contributed by atoms with E-state index in [0.717, 1.165) is 44.9 Å². The summed E-state index contributed by atoms with van der Waals surface area (Å²) in [5.74, 6) is -0.382. The van der Waals surface area contributed by atoms with Crippen molar-refractivity contribution in [3.63, 3.8) is 0 Å². The van der Waals surface area contributed by atoms with E-state index in [1.54, 1.807) is 0 Å². The molecule has 3 unspecified atom stereocenters. The van der Waals surface area contributed by atoms with E-state index in [0.29, 0.717) is 17.4 Å². The molecule has 0 aliphatic heterocycles. The van der Waals surface area contributed by atoms with Crippen LogP contribution in [0.2, 0.25) is 0 Å². The Hall–Kier alpha value is -2.24. The average molecular weight is 567 g/mol. The minimum Gasteiger partial charge on any atom is -0.462 e. The molecule has 0 aromatic rings. The van der Waals surface area contributed by atoms with Gasteiger partial charge in [0.15, 0.2) is 17.7 Å². The molecular formula is C35H50O6. The third-order valence-corrected chi connectivity index (χ3v) is 13.5. The highest BCUT2D eigenvalue weighted by molar-refractivity contribution is 5.99. The summed E-state index contributed by atoms with van der Waals surface area (Å²) in [7, 11) is 0. The molecule has 4 saturated carbocycles. The Morgan fingerprint density at radius 1 is 1.07 bits per heavy atom. The van der Waals surface area contributed by atoms with Gasteiger partial charge in [0, 0.05) is 31.6 Å². The smallest absolute Gasteiger partial charge is 0.303 e. The van der Waals surface area contributed by atoms with Crippen LogP contribution in [-0.2, 0) is 28.7 Å². The summed E-state index contributed by atoms with van der Waals surface area (Å²) in [5, 5.41) is 0. The van der Waals surface area contributed by atoms with Crippen molar-refractivity contribution in [1.82, 2.24) is 0 Å². The van der Waals surface area contributed by atoms with Gasteiger partial charge in [-0.1, -0.05) is 54.2 Å².